The molecule has 1 aromatic heterocycles. The summed E-state index contributed by atoms with van der Waals surface area (Å²) in [5, 5.41) is 4.11. The Hall–Kier alpha value is -1.45. The first-order chi connectivity index (χ1) is 13.5. The molecule has 1 N–H and O–H groups in total. The van der Waals surface area contributed by atoms with Crippen LogP contribution in [-0.4, -0.2) is 52.8 Å². The van der Waals surface area contributed by atoms with Crippen LogP contribution in [0.5, 0.6) is 5.75 Å². The van der Waals surface area contributed by atoms with Crippen molar-refractivity contribution in [3.8, 4) is 5.75 Å². The van der Waals surface area contributed by atoms with E-state index in [-0.39, 0.29) is 10.9 Å². The lowest BCUT2D eigenvalue weighted by Crippen LogP contribution is -2.43. The van der Waals surface area contributed by atoms with Crippen LogP contribution in [0.1, 0.15) is 30.5 Å². The van der Waals surface area contributed by atoms with Gasteiger partial charge in [0.25, 0.3) is 0 Å². The molecule has 0 radical (unpaired) electrons. The van der Waals surface area contributed by atoms with E-state index in [1.165, 1.54) is 0 Å². The van der Waals surface area contributed by atoms with E-state index in [1.807, 2.05) is 19.2 Å². The van der Waals surface area contributed by atoms with Crippen LogP contribution < -0.4 is 9.46 Å². The molecule has 1 aliphatic rings. The first-order valence-corrected chi connectivity index (χ1v) is 12.0. The summed E-state index contributed by atoms with van der Waals surface area (Å²) in [6.45, 7) is 7.79. The van der Waals surface area contributed by atoms with E-state index < -0.39 is 10.0 Å². The van der Waals surface area contributed by atoms with Crippen molar-refractivity contribution in [3.63, 3.8) is 0 Å². The largest absolute Gasteiger partial charge is 0.493 e. The van der Waals surface area contributed by atoms with Crippen LogP contribution in [0.25, 0.3) is 0 Å². The molecule has 1 atom stereocenters. The lowest BCUT2D eigenvalue weighted by atomic mass is 10.1. The molecule has 1 unspecified atom stereocenters. The second-order valence-corrected chi connectivity index (χ2v) is 9.40. The van der Waals surface area contributed by atoms with E-state index in [2.05, 4.69) is 21.1 Å². The fourth-order valence-electron chi connectivity index (χ4n) is 3.25. The quantitative estimate of drug-likeness (QED) is 0.670. The fourth-order valence-corrected chi connectivity index (χ4v) is 5.08. The molecule has 6 nitrogen and oxygen atoms in total. The van der Waals surface area contributed by atoms with Crippen LogP contribution in [0.2, 0.25) is 0 Å². The van der Waals surface area contributed by atoms with Gasteiger partial charge in [0.05, 0.1) is 24.7 Å². The van der Waals surface area contributed by atoms with Gasteiger partial charge in [0.1, 0.15) is 5.75 Å². The smallest absolute Gasteiger partial charge is 0.240 e. The zero-order chi connectivity index (χ0) is 20.0. The van der Waals surface area contributed by atoms with Gasteiger partial charge in [-0.2, -0.15) is 11.3 Å². The third kappa shape index (κ3) is 5.33. The normalized spacial score (nSPS) is 16.8. The van der Waals surface area contributed by atoms with Crippen molar-refractivity contribution >= 4 is 21.4 Å². The Bertz CT molecular complexity index is 847. The Kier molecular flexibility index (Phi) is 7.48. The topological polar surface area (TPSA) is 67.9 Å². The fraction of sp³-hybridized carbons (Fsp3) is 0.500. The van der Waals surface area contributed by atoms with Gasteiger partial charge >= 0.3 is 0 Å². The van der Waals surface area contributed by atoms with Crippen molar-refractivity contribution in [2.45, 2.75) is 31.2 Å². The summed E-state index contributed by atoms with van der Waals surface area (Å²) in [5.41, 5.74) is 1.95. The van der Waals surface area contributed by atoms with Crippen LogP contribution >= 0.6 is 11.3 Å². The standard InChI is InChI=1S/C20H28N2O4S2/c1-3-9-26-20-5-4-18(13-16(20)2)28(23,24)21-14-19(17-6-12-27-15-17)22-7-10-25-11-8-22/h4-6,12-13,15,19,21H,3,7-11,14H2,1-2H3. The van der Waals surface area contributed by atoms with Gasteiger partial charge in [0.2, 0.25) is 10.0 Å². The average Bonchev–Trinajstić information content (AvgIpc) is 3.22. The van der Waals surface area contributed by atoms with Crippen molar-refractivity contribution in [1.29, 1.82) is 0 Å². The molecule has 1 saturated heterocycles. The summed E-state index contributed by atoms with van der Waals surface area (Å²) in [7, 11) is -3.60. The maximum atomic E-state index is 12.9. The van der Waals surface area contributed by atoms with E-state index in [0.717, 1.165) is 36.4 Å². The van der Waals surface area contributed by atoms with Gasteiger partial charge in [0.15, 0.2) is 0 Å². The summed E-state index contributed by atoms with van der Waals surface area (Å²) in [6.07, 6.45) is 0.909. The molecule has 28 heavy (non-hydrogen) atoms. The molecular weight excluding hydrogens is 396 g/mol. The molecule has 8 heteroatoms. The number of morpholine rings is 1. The van der Waals surface area contributed by atoms with Crippen molar-refractivity contribution < 1.29 is 17.9 Å². The predicted octanol–water partition coefficient (Wildman–Crippen LogP) is 3.20. The minimum absolute atomic E-state index is 0.00168. The highest BCUT2D eigenvalue weighted by molar-refractivity contribution is 7.89. The van der Waals surface area contributed by atoms with Gasteiger partial charge in [-0.15, -0.1) is 0 Å². The molecule has 1 aromatic carbocycles. The molecule has 0 amide bonds. The number of nitrogens with zero attached hydrogens (tertiary/aromatic N) is 1. The van der Waals surface area contributed by atoms with Crippen molar-refractivity contribution in [2.75, 3.05) is 39.5 Å². The predicted molar refractivity (Wildman–Crippen MR) is 112 cm³/mol. The number of nitrogens with one attached hydrogen (secondary N) is 1. The molecule has 0 saturated carbocycles. The van der Waals surface area contributed by atoms with Crippen molar-refractivity contribution in [1.82, 2.24) is 9.62 Å². The van der Waals surface area contributed by atoms with E-state index in [4.69, 9.17) is 9.47 Å². The van der Waals surface area contributed by atoms with Crippen molar-refractivity contribution in [2.24, 2.45) is 0 Å². The number of thiophene rings is 1. The molecule has 0 aliphatic carbocycles. The van der Waals surface area contributed by atoms with E-state index in [1.54, 1.807) is 29.5 Å². The number of hydrogen-bond acceptors (Lipinski definition) is 6. The monoisotopic (exact) mass is 424 g/mol. The molecule has 3 rings (SSSR count). The second kappa shape index (κ2) is 9.84. The summed E-state index contributed by atoms with van der Waals surface area (Å²) in [4.78, 5) is 2.54. The lowest BCUT2D eigenvalue weighted by Gasteiger charge is -2.34. The van der Waals surface area contributed by atoms with Crippen LogP contribution in [-0.2, 0) is 14.8 Å². The minimum Gasteiger partial charge on any atom is -0.493 e. The summed E-state index contributed by atoms with van der Waals surface area (Å²) < 4.78 is 39.6. The molecule has 0 spiro atoms. The Balaban J connectivity index is 1.72. The van der Waals surface area contributed by atoms with Gasteiger partial charge < -0.3 is 9.47 Å². The van der Waals surface area contributed by atoms with Gasteiger partial charge in [-0.05, 0) is 59.5 Å². The third-order valence-corrected chi connectivity index (χ3v) is 6.92. The zero-order valence-corrected chi connectivity index (χ0v) is 18.0. The lowest BCUT2D eigenvalue weighted by molar-refractivity contribution is 0.0173. The van der Waals surface area contributed by atoms with Gasteiger partial charge in [-0.25, -0.2) is 13.1 Å². The average molecular weight is 425 g/mol. The first kappa shape index (κ1) is 21.3. The van der Waals surface area contributed by atoms with E-state index in [9.17, 15) is 8.42 Å². The van der Waals surface area contributed by atoms with Gasteiger partial charge in [-0.3, -0.25) is 4.90 Å². The summed E-state index contributed by atoms with van der Waals surface area (Å²) in [5.74, 6) is 0.727. The Morgan fingerprint density at radius 2 is 2.07 bits per heavy atom. The number of rotatable bonds is 9. The van der Waals surface area contributed by atoms with E-state index >= 15 is 0 Å². The third-order valence-electron chi connectivity index (χ3n) is 4.80. The number of hydrogen-bond donors (Lipinski definition) is 1. The molecule has 2 aromatic rings. The second-order valence-electron chi connectivity index (χ2n) is 6.85. The highest BCUT2D eigenvalue weighted by Crippen LogP contribution is 2.25. The van der Waals surface area contributed by atoms with Crippen LogP contribution in [0.4, 0.5) is 0 Å². The van der Waals surface area contributed by atoms with Crippen LogP contribution in [0.3, 0.4) is 0 Å². The number of sulfonamides is 1. The molecular formula is C20H28N2O4S2. The van der Waals surface area contributed by atoms with Crippen LogP contribution in [0, 0.1) is 6.92 Å². The van der Waals surface area contributed by atoms with Gasteiger partial charge in [0, 0.05) is 25.7 Å². The summed E-state index contributed by atoms with van der Waals surface area (Å²) >= 11 is 1.62. The maximum Gasteiger partial charge on any atom is 0.240 e. The molecule has 1 aliphatic heterocycles. The highest BCUT2D eigenvalue weighted by Gasteiger charge is 2.25. The maximum absolute atomic E-state index is 12.9. The number of benzene rings is 1. The molecule has 154 valence electrons. The van der Waals surface area contributed by atoms with Crippen molar-refractivity contribution in [3.05, 3.63) is 46.2 Å². The van der Waals surface area contributed by atoms with Crippen LogP contribution in [0.15, 0.2) is 39.9 Å². The Morgan fingerprint density at radius 1 is 1.29 bits per heavy atom. The van der Waals surface area contributed by atoms with E-state index in [0.29, 0.717) is 26.4 Å². The minimum atomic E-state index is -3.60. The Morgan fingerprint density at radius 3 is 2.71 bits per heavy atom. The molecule has 2 heterocycles. The zero-order valence-electron chi connectivity index (χ0n) is 16.4. The SMILES string of the molecule is CCCOc1ccc(S(=O)(=O)NCC(c2ccsc2)N2CCOCC2)cc1C. The molecule has 0 bridgehead atoms. The van der Waals surface area contributed by atoms with Gasteiger partial charge in [-0.1, -0.05) is 6.92 Å². The highest BCUT2D eigenvalue weighted by atomic mass is 32.2. The molecule has 1 fully saturated rings. The number of aryl methyl sites for hydroxylation is 1. The Labute approximate surface area is 171 Å². The summed E-state index contributed by atoms with van der Waals surface area (Å²) in [6, 6.07) is 7.07. The number of ether oxygens (including phenoxy) is 2. The first-order valence-electron chi connectivity index (χ1n) is 9.58.